The van der Waals surface area contributed by atoms with Gasteiger partial charge in [-0.2, -0.15) is 0 Å². The van der Waals surface area contributed by atoms with Gasteiger partial charge in [-0.25, -0.2) is 4.79 Å². The average Bonchev–Trinajstić information content (AvgIpc) is 3.12. The van der Waals surface area contributed by atoms with E-state index >= 15 is 0 Å². The van der Waals surface area contributed by atoms with Gasteiger partial charge >= 0.3 is 6.03 Å². The van der Waals surface area contributed by atoms with Gasteiger partial charge in [0.2, 0.25) is 5.91 Å². The van der Waals surface area contributed by atoms with Crippen LogP contribution < -0.4 is 10.6 Å². The van der Waals surface area contributed by atoms with E-state index in [0.29, 0.717) is 24.2 Å². The first-order chi connectivity index (χ1) is 16.0. The number of hydrogen-bond acceptors (Lipinski definition) is 4. The third-order valence-electron chi connectivity index (χ3n) is 5.75. The molecule has 3 heterocycles. The number of rotatable bonds is 8. The monoisotopic (exact) mass is 445 g/mol. The van der Waals surface area contributed by atoms with Crippen molar-refractivity contribution in [3.05, 3.63) is 89.4 Å². The fourth-order valence-corrected chi connectivity index (χ4v) is 4.20. The molecule has 0 saturated carbocycles. The van der Waals surface area contributed by atoms with Crippen LogP contribution in [0, 0.1) is 6.92 Å². The van der Waals surface area contributed by atoms with Gasteiger partial charge < -0.3 is 15.5 Å². The molecule has 0 spiro atoms. The molecule has 2 aliphatic heterocycles. The Labute approximate surface area is 193 Å². The molecule has 1 aromatic heterocycles. The average molecular weight is 446 g/mol. The highest BCUT2D eigenvalue weighted by molar-refractivity contribution is 6.03. The number of aromatic nitrogens is 1. The Morgan fingerprint density at radius 2 is 2.12 bits per heavy atom. The molecular formula is C25H27N5O3. The highest BCUT2D eigenvalue weighted by Gasteiger charge is 2.44. The molecule has 33 heavy (non-hydrogen) atoms. The highest BCUT2D eigenvalue weighted by atomic mass is 16.2. The minimum absolute atomic E-state index is 0.0787. The maximum Gasteiger partial charge on any atom is 0.322 e. The summed E-state index contributed by atoms with van der Waals surface area (Å²) >= 11 is 0. The van der Waals surface area contributed by atoms with Crippen molar-refractivity contribution >= 4 is 17.8 Å². The molecule has 2 N–H and O–H groups in total. The van der Waals surface area contributed by atoms with Gasteiger partial charge in [0.05, 0.1) is 23.9 Å². The van der Waals surface area contributed by atoms with E-state index in [2.05, 4.69) is 22.2 Å². The Balaban J connectivity index is 1.48. The van der Waals surface area contributed by atoms with Gasteiger partial charge in [-0.1, -0.05) is 42.0 Å². The molecule has 0 unspecified atom stereocenters. The summed E-state index contributed by atoms with van der Waals surface area (Å²) in [5, 5.41) is 5.80. The molecule has 0 saturated heterocycles. The second-order valence-electron chi connectivity index (χ2n) is 8.14. The minimum atomic E-state index is -0.557. The van der Waals surface area contributed by atoms with Crippen LogP contribution in [0.3, 0.4) is 0 Å². The van der Waals surface area contributed by atoms with Crippen LogP contribution in [0.1, 0.15) is 22.9 Å². The predicted octanol–water partition coefficient (Wildman–Crippen LogP) is 2.10. The highest BCUT2D eigenvalue weighted by Crippen LogP contribution is 2.36. The van der Waals surface area contributed by atoms with E-state index in [1.165, 1.54) is 9.80 Å². The van der Waals surface area contributed by atoms with Crippen LogP contribution in [0.25, 0.3) is 0 Å². The molecule has 1 aromatic carbocycles. The first kappa shape index (κ1) is 22.3. The molecule has 4 amide bonds. The number of carbonyl (C=O) groups excluding carboxylic acids is 3. The molecule has 0 fully saturated rings. The lowest BCUT2D eigenvalue weighted by Crippen LogP contribution is -2.47. The van der Waals surface area contributed by atoms with E-state index in [4.69, 9.17) is 0 Å². The summed E-state index contributed by atoms with van der Waals surface area (Å²) < 4.78 is 0. The molecule has 0 bridgehead atoms. The number of hydrogen-bond donors (Lipinski definition) is 2. The molecular weight excluding hydrogens is 418 g/mol. The summed E-state index contributed by atoms with van der Waals surface area (Å²) in [6, 6.07) is 12.5. The van der Waals surface area contributed by atoms with Crippen molar-refractivity contribution in [3.63, 3.8) is 0 Å². The van der Waals surface area contributed by atoms with Crippen LogP contribution in [0.15, 0.2) is 72.6 Å². The van der Waals surface area contributed by atoms with E-state index in [1.807, 2.05) is 49.4 Å². The van der Waals surface area contributed by atoms with Crippen LogP contribution in [-0.4, -0.2) is 58.8 Å². The zero-order valence-corrected chi connectivity index (χ0v) is 18.6. The van der Waals surface area contributed by atoms with Gasteiger partial charge in [0.15, 0.2) is 0 Å². The standard InChI is InChI=1S/C25H27N5O3/c1-3-13-30-20-15-29(16-21(31)27-12-10-19-9-4-5-11-26-19)24(32)22(20)23(28-25(30)33)18-8-6-7-17(2)14-18/h3-9,11,14,23H,1,10,12-13,15-16H2,2H3,(H,27,31)(H,28,33)/t23-/m0/s1. The predicted molar refractivity (Wildman–Crippen MR) is 124 cm³/mol. The molecule has 4 rings (SSSR count). The zero-order valence-electron chi connectivity index (χ0n) is 18.6. The number of amides is 4. The number of aryl methyl sites for hydroxylation is 1. The third-order valence-corrected chi connectivity index (χ3v) is 5.75. The molecule has 2 aliphatic rings. The first-order valence-corrected chi connectivity index (χ1v) is 10.9. The van der Waals surface area contributed by atoms with Crippen molar-refractivity contribution in [3.8, 4) is 0 Å². The quantitative estimate of drug-likeness (QED) is 0.609. The second-order valence-corrected chi connectivity index (χ2v) is 8.14. The van der Waals surface area contributed by atoms with Crippen LogP contribution in [0.4, 0.5) is 4.79 Å². The fourth-order valence-electron chi connectivity index (χ4n) is 4.20. The molecule has 8 heteroatoms. The van der Waals surface area contributed by atoms with E-state index in [0.717, 1.165) is 16.8 Å². The Morgan fingerprint density at radius 3 is 2.85 bits per heavy atom. The number of pyridine rings is 1. The number of nitrogens with zero attached hydrogens (tertiary/aromatic N) is 3. The fraction of sp³-hybridized carbons (Fsp3) is 0.280. The van der Waals surface area contributed by atoms with Crippen LogP contribution in [-0.2, 0) is 16.0 Å². The topological polar surface area (TPSA) is 94.6 Å². The molecule has 170 valence electrons. The van der Waals surface area contributed by atoms with E-state index in [9.17, 15) is 14.4 Å². The van der Waals surface area contributed by atoms with Crippen molar-refractivity contribution in [2.45, 2.75) is 19.4 Å². The summed E-state index contributed by atoms with van der Waals surface area (Å²) in [7, 11) is 0. The number of nitrogens with one attached hydrogen (secondary N) is 2. The maximum absolute atomic E-state index is 13.4. The van der Waals surface area contributed by atoms with Crippen molar-refractivity contribution in [2.75, 3.05) is 26.2 Å². The summed E-state index contributed by atoms with van der Waals surface area (Å²) in [6.07, 6.45) is 3.94. The number of carbonyl (C=O) groups is 3. The van der Waals surface area contributed by atoms with Crippen molar-refractivity contribution in [1.29, 1.82) is 0 Å². The van der Waals surface area contributed by atoms with Gasteiger partial charge in [0.1, 0.15) is 6.54 Å². The molecule has 2 aromatic rings. The van der Waals surface area contributed by atoms with E-state index in [-0.39, 0.29) is 37.5 Å². The lowest BCUT2D eigenvalue weighted by atomic mass is 9.94. The van der Waals surface area contributed by atoms with Gasteiger partial charge in [0, 0.05) is 31.4 Å². The van der Waals surface area contributed by atoms with Crippen molar-refractivity contribution < 1.29 is 14.4 Å². The van der Waals surface area contributed by atoms with E-state index < -0.39 is 6.04 Å². The summed E-state index contributed by atoms with van der Waals surface area (Å²) in [5.41, 5.74) is 3.88. The van der Waals surface area contributed by atoms with Crippen molar-refractivity contribution in [2.24, 2.45) is 0 Å². The largest absolute Gasteiger partial charge is 0.354 e. The molecule has 0 radical (unpaired) electrons. The molecule has 1 atom stereocenters. The Kier molecular flexibility index (Phi) is 6.53. The Bertz CT molecular complexity index is 1110. The number of benzene rings is 1. The summed E-state index contributed by atoms with van der Waals surface area (Å²) in [5.74, 6) is -0.494. The van der Waals surface area contributed by atoms with E-state index in [1.54, 1.807) is 12.3 Å². The Morgan fingerprint density at radius 1 is 1.27 bits per heavy atom. The van der Waals surface area contributed by atoms with Gasteiger partial charge in [-0.05, 0) is 24.6 Å². The lowest BCUT2D eigenvalue weighted by molar-refractivity contribution is -0.131. The van der Waals surface area contributed by atoms with Crippen LogP contribution >= 0.6 is 0 Å². The third kappa shape index (κ3) is 4.79. The lowest BCUT2D eigenvalue weighted by Gasteiger charge is -2.33. The SMILES string of the molecule is C=CCN1C(=O)N[C@@H](c2cccc(C)c2)C2=C1CN(CC(=O)NCCc1ccccn1)C2=O. The number of urea groups is 1. The summed E-state index contributed by atoms with van der Waals surface area (Å²) in [6.45, 7) is 6.52. The summed E-state index contributed by atoms with van der Waals surface area (Å²) in [4.78, 5) is 46.0. The normalized spacial score (nSPS) is 17.7. The van der Waals surface area contributed by atoms with Crippen LogP contribution in [0.5, 0.6) is 0 Å². The smallest absolute Gasteiger partial charge is 0.322 e. The zero-order chi connectivity index (χ0) is 23.4. The van der Waals surface area contributed by atoms with Gasteiger partial charge in [0.25, 0.3) is 5.91 Å². The first-order valence-electron chi connectivity index (χ1n) is 10.9. The van der Waals surface area contributed by atoms with Gasteiger partial charge in [-0.15, -0.1) is 6.58 Å². The minimum Gasteiger partial charge on any atom is -0.354 e. The van der Waals surface area contributed by atoms with Crippen molar-refractivity contribution in [1.82, 2.24) is 25.4 Å². The van der Waals surface area contributed by atoms with Gasteiger partial charge in [-0.3, -0.25) is 19.5 Å². The second kappa shape index (κ2) is 9.68. The molecule has 0 aliphatic carbocycles. The Hall–Kier alpha value is -3.94. The maximum atomic E-state index is 13.4. The van der Waals surface area contributed by atoms with Crippen LogP contribution in [0.2, 0.25) is 0 Å². The molecule has 8 nitrogen and oxygen atoms in total.